The Labute approximate surface area is 139 Å². The lowest BCUT2D eigenvalue weighted by atomic mass is 9.71. The summed E-state index contributed by atoms with van der Waals surface area (Å²) in [7, 11) is 0. The number of benzene rings is 1. The maximum atomic E-state index is 11.9. The number of fused-ring (bicyclic) bond motifs is 3. The molecule has 0 spiro atoms. The molecule has 5 heteroatoms. The Morgan fingerprint density at radius 1 is 1.41 bits per heavy atom. The van der Waals surface area contributed by atoms with E-state index in [0.29, 0.717) is 22.2 Å². The zero-order valence-corrected chi connectivity index (χ0v) is 13.7. The van der Waals surface area contributed by atoms with E-state index in [-0.39, 0.29) is 17.8 Å². The zero-order valence-electron chi connectivity index (χ0n) is 12.2. The molecule has 0 heterocycles. The summed E-state index contributed by atoms with van der Waals surface area (Å²) >= 11 is 12.8. The average Bonchev–Trinajstić information content (AvgIpc) is 2.83. The van der Waals surface area contributed by atoms with Crippen LogP contribution < -0.4 is 4.74 Å². The molecule has 1 aromatic rings. The Hall–Kier alpha value is -1.50. The van der Waals surface area contributed by atoms with Crippen LogP contribution in [0.2, 0.25) is 10.0 Å². The minimum atomic E-state index is -0.0745. The van der Waals surface area contributed by atoms with Gasteiger partial charge < -0.3 is 4.74 Å². The lowest BCUT2D eigenvalue weighted by molar-refractivity contribution is -0.115. The molecule has 1 unspecified atom stereocenters. The van der Waals surface area contributed by atoms with Gasteiger partial charge in [-0.05, 0) is 42.5 Å². The summed E-state index contributed by atoms with van der Waals surface area (Å²) in [5.41, 5.74) is 2.91. The Bertz CT molecular complexity index is 733. The summed E-state index contributed by atoms with van der Waals surface area (Å²) in [4.78, 5) is 11.9. The maximum Gasteiger partial charge on any atom is 0.174 e. The summed E-state index contributed by atoms with van der Waals surface area (Å²) in [5, 5.41) is 9.39. The van der Waals surface area contributed by atoms with E-state index >= 15 is 0 Å². The first kappa shape index (κ1) is 15.4. The smallest absolute Gasteiger partial charge is 0.174 e. The van der Waals surface area contributed by atoms with E-state index in [1.54, 1.807) is 6.08 Å². The van der Waals surface area contributed by atoms with Crippen molar-refractivity contribution < 1.29 is 9.53 Å². The Morgan fingerprint density at radius 3 is 2.86 bits per heavy atom. The van der Waals surface area contributed by atoms with Crippen molar-refractivity contribution in [1.82, 2.24) is 0 Å². The molecular formula is C17H15Cl2NO2. The van der Waals surface area contributed by atoms with Crippen LogP contribution in [0.3, 0.4) is 0 Å². The first-order chi connectivity index (χ1) is 10.5. The molecule has 1 aromatic carbocycles. The molecule has 2 aliphatic rings. The van der Waals surface area contributed by atoms with Crippen LogP contribution in [-0.2, 0) is 11.2 Å². The van der Waals surface area contributed by atoms with E-state index < -0.39 is 0 Å². The summed E-state index contributed by atoms with van der Waals surface area (Å²) in [6.07, 6.45) is 4.93. The van der Waals surface area contributed by atoms with Gasteiger partial charge in [0.15, 0.2) is 12.4 Å². The average molecular weight is 336 g/mol. The predicted octanol–water partition coefficient (Wildman–Crippen LogP) is 4.59. The molecule has 0 N–H and O–H groups in total. The van der Waals surface area contributed by atoms with E-state index in [9.17, 15) is 4.79 Å². The fourth-order valence-corrected chi connectivity index (χ4v) is 4.08. The third kappa shape index (κ3) is 2.22. The minimum Gasteiger partial charge on any atom is -0.477 e. The molecule has 0 amide bonds. The number of ether oxygens (including phenoxy) is 1. The van der Waals surface area contributed by atoms with Crippen molar-refractivity contribution in [1.29, 1.82) is 5.26 Å². The lowest BCUT2D eigenvalue weighted by Crippen LogP contribution is -2.24. The number of nitrogens with zero attached hydrogens (tertiary/aromatic N) is 1. The van der Waals surface area contributed by atoms with Crippen molar-refractivity contribution >= 4 is 34.6 Å². The highest BCUT2D eigenvalue weighted by molar-refractivity contribution is 6.44. The Kier molecular flexibility index (Phi) is 3.92. The highest BCUT2D eigenvalue weighted by Gasteiger charge is 2.44. The van der Waals surface area contributed by atoms with Gasteiger partial charge in [0, 0.05) is 17.4 Å². The van der Waals surface area contributed by atoms with Crippen LogP contribution in [0, 0.1) is 16.7 Å². The van der Waals surface area contributed by atoms with Gasteiger partial charge in [0.1, 0.15) is 16.8 Å². The van der Waals surface area contributed by atoms with Crippen LogP contribution in [0.4, 0.5) is 0 Å². The molecule has 3 nitrogen and oxygen atoms in total. The van der Waals surface area contributed by atoms with E-state index in [1.807, 2.05) is 12.1 Å². The van der Waals surface area contributed by atoms with Gasteiger partial charge in [-0.15, -0.1) is 0 Å². The van der Waals surface area contributed by atoms with Gasteiger partial charge >= 0.3 is 0 Å². The second-order valence-electron chi connectivity index (χ2n) is 5.82. The SMILES string of the molecule is CCC12CCC(=O)C=C1c1c(cc(OCC#N)c(Cl)c1Cl)C2. The third-order valence-corrected chi connectivity index (χ3v) is 5.60. The highest BCUT2D eigenvalue weighted by atomic mass is 35.5. The number of ketones is 1. The first-order valence-electron chi connectivity index (χ1n) is 7.28. The Morgan fingerprint density at radius 2 is 2.18 bits per heavy atom. The van der Waals surface area contributed by atoms with E-state index in [0.717, 1.165) is 36.0 Å². The number of nitriles is 1. The van der Waals surface area contributed by atoms with Crippen LogP contribution in [0.5, 0.6) is 5.75 Å². The number of halogens is 2. The van der Waals surface area contributed by atoms with Crippen LogP contribution in [0.1, 0.15) is 37.3 Å². The number of rotatable bonds is 3. The normalized spacial score (nSPS) is 22.6. The van der Waals surface area contributed by atoms with Crippen molar-refractivity contribution in [3.8, 4) is 11.8 Å². The molecule has 0 saturated carbocycles. The van der Waals surface area contributed by atoms with E-state index in [2.05, 4.69) is 6.92 Å². The molecule has 0 saturated heterocycles. The van der Waals surface area contributed by atoms with Crippen molar-refractivity contribution in [3.05, 3.63) is 33.3 Å². The summed E-state index contributed by atoms with van der Waals surface area (Å²) in [6, 6.07) is 3.79. The molecule has 0 bridgehead atoms. The highest BCUT2D eigenvalue weighted by Crippen LogP contribution is 2.57. The topological polar surface area (TPSA) is 50.1 Å². The van der Waals surface area contributed by atoms with Gasteiger partial charge in [-0.3, -0.25) is 4.79 Å². The molecule has 22 heavy (non-hydrogen) atoms. The second-order valence-corrected chi connectivity index (χ2v) is 6.57. The van der Waals surface area contributed by atoms with Crippen molar-refractivity contribution in [2.24, 2.45) is 5.41 Å². The van der Waals surface area contributed by atoms with Crippen molar-refractivity contribution in [3.63, 3.8) is 0 Å². The minimum absolute atomic E-state index is 0.0307. The molecule has 3 rings (SSSR count). The number of carbonyl (C=O) groups excluding carboxylic acids is 1. The fourth-order valence-electron chi connectivity index (χ4n) is 3.56. The number of hydrogen-bond acceptors (Lipinski definition) is 3. The molecule has 2 aliphatic carbocycles. The van der Waals surface area contributed by atoms with Gasteiger partial charge in [-0.1, -0.05) is 30.1 Å². The summed E-state index contributed by atoms with van der Waals surface area (Å²) < 4.78 is 5.37. The second kappa shape index (κ2) is 5.61. The van der Waals surface area contributed by atoms with Crippen LogP contribution in [0.15, 0.2) is 12.1 Å². The fraction of sp³-hybridized carbons (Fsp3) is 0.412. The van der Waals surface area contributed by atoms with Gasteiger partial charge in [-0.25, -0.2) is 0 Å². The van der Waals surface area contributed by atoms with Crippen LogP contribution in [-0.4, -0.2) is 12.4 Å². The standard InChI is InChI=1S/C17H15Cl2NO2/c1-2-17-4-3-11(21)8-12(17)14-10(9-17)7-13(22-6-5-20)15(18)16(14)19/h7-8H,2-4,6,9H2,1H3. The van der Waals surface area contributed by atoms with Gasteiger partial charge in [-0.2, -0.15) is 5.26 Å². The molecular weight excluding hydrogens is 321 g/mol. The van der Waals surface area contributed by atoms with Gasteiger partial charge in [0.05, 0.1) is 5.02 Å². The molecule has 0 aromatic heterocycles. The predicted molar refractivity (Wildman–Crippen MR) is 86.2 cm³/mol. The molecule has 0 radical (unpaired) electrons. The Balaban J connectivity index is 2.16. The lowest BCUT2D eigenvalue weighted by Gasteiger charge is -2.32. The van der Waals surface area contributed by atoms with E-state index in [1.165, 1.54) is 0 Å². The molecule has 0 aliphatic heterocycles. The first-order valence-corrected chi connectivity index (χ1v) is 8.04. The van der Waals surface area contributed by atoms with Crippen LogP contribution >= 0.6 is 23.2 Å². The summed E-state index contributed by atoms with van der Waals surface area (Å²) in [6.45, 7) is 2.06. The van der Waals surface area contributed by atoms with Crippen molar-refractivity contribution in [2.45, 2.75) is 32.6 Å². The van der Waals surface area contributed by atoms with Gasteiger partial charge in [0.2, 0.25) is 0 Å². The maximum absolute atomic E-state index is 11.9. The quantitative estimate of drug-likeness (QED) is 0.811. The number of allylic oxidation sites excluding steroid dienone is 2. The monoisotopic (exact) mass is 335 g/mol. The molecule has 1 atom stereocenters. The third-order valence-electron chi connectivity index (χ3n) is 4.75. The largest absolute Gasteiger partial charge is 0.477 e. The van der Waals surface area contributed by atoms with E-state index in [4.69, 9.17) is 33.2 Å². The number of carbonyl (C=O) groups is 1. The van der Waals surface area contributed by atoms with Crippen LogP contribution in [0.25, 0.3) is 5.57 Å². The van der Waals surface area contributed by atoms with Crippen molar-refractivity contribution in [2.75, 3.05) is 6.61 Å². The molecule has 0 fully saturated rings. The van der Waals surface area contributed by atoms with Gasteiger partial charge in [0.25, 0.3) is 0 Å². The summed E-state index contributed by atoms with van der Waals surface area (Å²) in [5.74, 6) is 0.577. The number of hydrogen-bond donors (Lipinski definition) is 0. The molecule has 114 valence electrons. The zero-order chi connectivity index (χ0) is 15.9.